The van der Waals surface area contributed by atoms with Crippen molar-refractivity contribution in [3.05, 3.63) is 42.5 Å². The Morgan fingerprint density at radius 3 is 2.29 bits per heavy atom. The normalized spacial score (nSPS) is 12.6. The first-order valence-corrected chi connectivity index (χ1v) is 6.72. The molecule has 0 spiro atoms. The van der Waals surface area contributed by atoms with E-state index in [4.69, 9.17) is 9.47 Å². The summed E-state index contributed by atoms with van der Waals surface area (Å²) in [5, 5.41) is 5.07. The van der Waals surface area contributed by atoms with Gasteiger partial charge in [-0.3, -0.25) is 0 Å². The number of hydrogen-bond donors (Lipinski definition) is 2. The van der Waals surface area contributed by atoms with Crippen LogP contribution in [0, 0.1) is 0 Å². The molecule has 126 valence electrons. The van der Waals surface area contributed by atoms with Crippen LogP contribution in [0.4, 0.5) is 29.3 Å². The Hall–Kier alpha value is -3.10. The number of hydrogen-bond acceptors (Lipinski definition) is 4. The minimum Gasteiger partial charge on any atom is -0.454 e. The van der Waals surface area contributed by atoms with E-state index in [1.165, 1.54) is 12.1 Å². The predicted molar refractivity (Wildman–Crippen MR) is 78.3 cm³/mol. The third-order valence-electron chi connectivity index (χ3n) is 2.98. The van der Waals surface area contributed by atoms with E-state index < -0.39 is 12.4 Å². The summed E-state index contributed by atoms with van der Waals surface area (Å²) in [4.78, 5) is 11.9. The SMILES string of the molecule is O=C(Nc1ccc(OC(F)(F)F)cc1)Nc1ccc2c(c1)OCO2. The Labute approximate surface area is 134 Å². The highest BCUT2D eigenvalue weighted by Crippen LogP contribution is 2.34. The van der Waals surface area contributed by atoms with Crippen molar-refractivity contribution in [2.75, 3.05) is 17.4 Å². The van der Waals surface area contributed by atoms with Gasteiger partial charge in [0.2, 0.25) is 6.79 Å². The average Bonchev–Trinajstić information content (AvgIpc) is 2.95. The van der Waals surface area contributed by atoms with Gasteiger partial charge >= 0.3 is 12.4 Å². The molecule has 1 heterocycles. The Kier molecular flexibility index (Phi) is 4.07. The maximum Gasteiger partial charge on any atom is 0.573 e. The van der Waals surface area contributed by atoms with E-state index in [2.05, 4.69) is 15.4 Å². The van der Waals surface area contributed by atoms with Gasteiger partial charge in [0.05, 0.1) is 0 Å². The second-order valence-corrected chi connectivity index (χ2v) is 4.72. The Morgan fingerprint density at radius 1 is 0.958 bits per heavy atom. The van der Waals surface area contributed by atoms with Gasteiger partial charge in [0, 0.05) is 17.4 Å². The van der Waals surface area contributed by atoms with E-state index in [9.17, 15) is 18.0 Å². The number of anilines is 2. The smallest absolute Gasteiger partial charge is 0.454 e. The van der Waals surface area contributed by atoms with E-state index in [0.717, 1.165) is 12.1 Å². The molecule has 2 N–H and O–H groups in total. The minimum atomic E-state index is -4.76. The Balaban J connectivity index is 1.58. The lowest BCUT2D eigenvalue weighted by Gasteiger charge is -2.10. The molecule has 24 heavy (non-hydrogen) atoms. The molecule has 0 fully saturated rings. The number of nitrogens with one attached hydrogen (secondary N) is 2. The van der Waals surface area contributed by atoms with Crippen LogP contribution < -0.4 is 24.8 Å². The minimum absolute atomic E-state index is 0.122. The summed E-state index contributed by atoms with van der Waals surface area (Å²) in [6, 6.07) is 9.11. The molecular formula is C15H11F3N2O4. The number of alkyl halides is 3. The third kappa shape index (κ3) is 4.00. The fourth-order valence-corrected chi connectivity index (χ4v) is 2.01. The topological polar surface area (TPSA) is 68.8 Å². The van der Waals surface area contributed by atoms with E-state index in [-0.39, 0.29) is 12.5 Å². The van der Waals surface area contributed by atoms with Crippen LogP contribution in [0.5, 0.6) is 17.2 Å². The first-order chi connectivity index (χ1) is 11.4. The highest BCUT2D eigenvalue weighted by Gasteiger charge is 2.30. The van der Waals surface area contributed by atoms with Crippen molar-refractivity contribution < 1.29 is 32.2 Å². The monoisotopic (exact) mass is 340 g/mol. The number of carbonyl (C=O) groups excluding carboxylic acids is 1. The predicted octanol–water partition coefficient (Wildman–Crippen LogP) is 3.96. The molecule has 0 atom stereocenters. The molecule has 2 aromatic carbocycles. The Morgan fingerprint density at radius 2 is 1.58 bits per heavy atom. The number of fused-ring (bicyclic) bond motifs is 1. The molecule has 0 saturated heterocycles. The zero-order chi connectivity index (χ0) is 17.2. The van der Waals surface area contributed by atoms with Crippen LogP contribution >= 0.6 is 0 Å². The van der Waals surface area contributed by atoms with Gasteiger partial charge in [-0.05, 0) is 36.4 Å². The fraction of sp³-hybridized carbons (Fsp3) is 0.133. The lowest BCUT2D eigenvalue weighted by atomic mass is 10.3. The lowest BCUT2D eigenvalue weighted by molar-refractivity contribution is -0.274. The summed E-state index contributed by atoms with van der Waals surface area (Å²) in [6.45, 7) is 0.122. The molecule has 6 nitrogen and oxygen atoms in total. The second-order valence-electron chi connectivity index (χ2n) is 4.72. The Bertz CT molecular complexity index is 747. The highest BCUT2D eigenvalue weighted by atomic mass is 19.4. The summed E-state index contributed by atoms with van der Waals surface area (Å²) >= 11 is 0. The molecule has 0 bridgehead atoms. The first kappa shape index (κ1) is 15.8. The molecule has 0 saturated carbocycles. The lowest BCUT2D eigenvalue weighted by Crippen LogP contribution is -2.19. The van der Waals surface area contributed by atoms with Crippen molar-refractivity contribution in [1.29, 1.82) is 0 Å². The molecule has 0 unspecified atom stereocenters. The molecule has 1 aliphatic heterocycles. The maximum atomic E-state index is 12.1. The van der Waals surface area contributed by atoms with Gasteiger partial charge in [0.1, 0.15) is 5.75 Å². The van der Waals surface area contributed by atoms with Crippen LogP contribution in [-0.2, 0) is 0 Å². The molecule has 2 aromatic rings. The van der Waals surface area contributed by atoms with E-state index in [1.54, 1.807) is 18.2 Å². The van der Waals surface area contributed by atoms with Crippen LogP contribution in [0.1, 0.15) is 0 Å². The van der Waals surface area contributed by atoms with Crippen LogP contribution in [0.3, 0.4) is 0 Å². The number of carbonyl (C=O) groups is 1. The van der Waals surface area contributed by atoms with Gasteiger partial charge in [-0.1, -0.05) is 0 Å². The van der Waals surface area contributed by atoms with Crippen LogP contribution in [0.15, 0.2) is 42.5 Å². The first-order valence-electron chi connectivity index (χ1n) is 6.72. The van der Waals surface area contributed by atoms with E-state index in [1.807, 2.05) is 0 Å². The zero-order valence-electron chi connectivity index (χ0n) is 12.0. The van der Waals surface area contributed by atoms with Gasteiger partial charge < -0.3 is 24.8 Å². The molecule has 0 radical (unpaired) electrons. The number of amides is 2. The van der Waals surface area contributed by atoms with Gasteiger partial charge in [-0.15, -0.1) is 13.2 Å². The molecule has 9 heteroatoms. The standard InChI is InChI=1S/C15H11F3N2O4/c16-15(17,18)24-11-4-1-9(2-5-11)19-14(21)20-10-3-6-12-13(7-10)23-8-22-12/h1-7H,8H2,(H2,19,20,21). The molecule has 0 aliphatic carbocycles. The van der Waals surface area contributed by atoms with Gasteiger partial charge in [0.25, 0.3) is 0 Å². The van der Waals surface area contributed by atoms with Gasteiger partial charge in [-0.25, -0.2) is 4.79 Å². The second kappa shape index (κ2) is 6.19. The highest BCUT2D eigenvalue weighted by molar-refractivity contribution is 5.99. The summed E-state index contributed by atoms with van der Waals surface area (Å²) in [6.07, 6.45) is -4.76. The van der Waals surface area contributed by atoms with Gasteiger partial charge in [0.15, 0.2) is 11.5 Å². The number of urea groups is 1. The molecule has 2 amide bonds. The van der Waals surface area contributed by atoms with Crippen LogP contribution in [-0.4, -0.2) is 19.2 Å². The van der Waals surface area contributed by atoms with Crippen LogP contribution in [0.25, 0.3) is 0 Å². The number of rotatable bonds is 3. The zero-order valence-corrected chi connectivity index (χ0v) is 12.0. The number of benzene rings is 2. The van der Waals surface area contributed by atoms with Crippen molar-refractivity contribution >= 4 is 17.4 Å². The molecular weight excluding hydrogens is 329 g/mol. The van der Waals surface area contributed by atoms with Crippen molar-refractivity contribution in [2.45, 2.75) is 6.36 Å². The average molecular weight is 340 g/mol. The van der Waals surface area contributed by atoms with Crippen molar-refractivity contribution in [3.63, 3.8) is 0 Å². The van der Waals surface area contributed by atoms with Crippen molar-refractivity contribution in [3.8, 4) is 17.2 Å². The summed E-state index contributed by atoms with van der Waals surface area (Å²) in [5.74, 6) is 0.729. The third-order valence-corrected chi connectivity index (χ3v) is 2.98. The summed E-state index contributed by atoms with van der Waals surface area (Å²) in [5.41, 5.74) is 0.788. The van der Waals surface area contributed by atoms with Crippen molar-refractivity contribution in [1.82, 2.24) is 0 Å². The summed E-state index contributed by atoms with van der Waals surface area (Å²) < 4.78 is 50.3. The number of halogens is 3. The summed E-state index contributed by atoms with van der Waals surface area (Å²) in [7, 11) is 0. The van der Waals surface area contributed by atoms with Crippen LogP contribution in [0.2, 0.25) is 0 Å². The van der Waals surface area contributed by atoms with E-state index in [0.29, 0.717) is 22.9 Å². The van der Waals surface area contributed by atoms with Gasteiger partial charge in [-0.2, -0.15) is 0 Å². The number of ether oxygens (including phenoxy) is 3. The maximum absolute atomic E-state index is 12.1. The fourth-order valence-electron chi connectivity index (χ4n) is 2.01. The molecule has 1 aliphatic rings. The van der Waals surface area contributed by atoms with Crippen molar-refractivity contribution in [2.24, 2.45) is 0 Å². The molecule has 3 rings (SSSR count). The largest absolute Gasteiger partial charge is 0.573 e. The quantitative estimate of drug-likeness (QED) is 0.887. The van der Waals surface area contributed by atoms with E-state index >= 15 is 0 Å². The molecule has 0 aromatic heterocycles.